The minimum atomic E-state index is -0.885. The van der Waals surface area contributed by atoms with Crippen LogP contribution in [0.2, 0.25) is 0 Å². The number of anilines is 1. The molecule has 0 spiro atoms. The Balaban J connectivity index is 1.93. The van der Waals surface area contributed by atoms with Crippen LogP contribution in [0.1, 0.15) is 28.2 Å². The first-order valence-corrected chi connectivity index (χ1v) is 7.04. The summed E-state index contributed by atoms with van der Waals surface area (Å²) in [4.78, 5) is 20.1. The average Bonchev–Trinajstić information content (AvgIpc) is 2.94. The number of hydrogen-bond acceptors (Lipinski definition) is 5. The summed E-state index contributed by atoms with van der Waals surface area (Å²) in [5.74, 6) is -0.885. The molecule has 0 bridgehead atoms. The number of hydrogen-bond donors (Lipinski definition) is 1. The first-order chi connectivity index (χ1) is 8.58. The zero-order valence-electron chi connectivity index (χ0n) is 10.8. The molecule has 100 valence electrons. The van der Waals surface area contributed by atoms with Crippen molar-refractivity contribution in [2.24, 2.45) is 0 Å². The van der Waals surface area contributed by atoms with Gasteiger partial charge in [0.25, 0.3) is 0 Å². The van der Waals surface area contributed by atoms with Gasteiger partial charge in [0.2, 0.25) is 0 Å². The van der Waals surface area contributed by atoms with Crippen molar-refractivity contribution in [2.75, 3.05) is 38.1 Å². The summed E-state index contributed by atoms with van der Waals surface area (Å²) in [5, 5.41) is 9.80. The molecule has 0 radical (unpaired) electrons. The van der Waals surface area contributed by atoms with Gasteiger partial charge in [-0.15, -0.1) is 0 Å². The van der Waals surface area contributed by atoms with Gasteiger partial charge in [-0.25, -0.2) is 9.78 Å². The molecule has 0 amide bonds. The Bertz CT molecular complexity index is 427. The summed E-state index contributed by atoms with van der Waals surface area (Å²) in [6.07, 6.45) is 2.59. The molecule has 0 unspecified atom stereocenters. The molecule has 1 fully saturated rings. The molecule has 5 nitrogen and oxygen atoms in total. The number of likely N-dealkylation sites (tertiary alicyclic amines) is 1. The van der Waals surface area contributed by atoms with Crippen LogP contribution >= 0.6 is 11.3 Å². The third-order valence-electron chi connectivity index (χ3n) is 3.26. The SMILES string of the molecule is Cc1nc(N(C)CCN2CCCC2)sc1C(=O)O. The van der Waals surface area contributed by atoms with Crippen LogP contribution in [0.4, 0.5) is 5.13 Å². The van der Waals surface area contributed by atoms with Crippen molar-refractivity contribution >= 4 is 22.4 Å². The molecule has 1 aromatic rings. The van der Waals surface area contributed by atoms with E-state index < -0.39 is 5.97 Å². The standard InChI is InChI=1S/C12H19N3O2S/c1-9-10(11(16)17)18-12(13-9)14(2)7-8-15-5-3-4-6-15/h3-8H2,1-2H3,(H,16,17). The van der Waals surface area contributed by atoms with E-state index in [9.17, 15) is 4.79 Å². The van der Waals surface area contributed by atoms with E-state index in [-0.39, 0.29) is 0 Å². The third-order valence-corrected chi connectivity index (χ3v) is 4.52. The molecule has 0 atom stereocenters. The summed E-state index contributed by atoms with van der Waals surface area (Å²) >= 11 is 1.25. The van der Waals surface area contributed by atoms with Gasteiger partial charge in [0.15, 0.2) is 5.13 Å². The molecule has 1 aliphatic heterocycles. The van der Waals surface area contributed by atoms with Crippen molar-refractivity contribution in [2.45, 2.75) is 19.8 Å². The quantitative estimate of drug-likeness (QED) is 0.881. The molecule has 18 heavy (non-hydrogen) atoms. The Hall–Kier alpha value is -1.14. The lowest BCUT2D eigenvalue weighted by Crippen LogP contribution is -2.31. The van der Waals surface area contributed by atoms with Gasteiger partial charge >= 0.3 is 5.97 Å². The van der Waals surface area contributed by atoms with E-state index >= 15 is 0 Å². The van der Waals surface area contributed by atoms with Gasteiger partial charge in [-0.2, -0.15) is 0 Å². The monoisotopic (exact) mass is 269 g/mol. The molecule has 0 saturated carbocycles. The summed E-state index contributed by atoms with van der Waals surface area (Å²) in [6.45, 7) is 6.04. The van der Waals surface area contributed by atoms with E-state index in [4.69, 9.17) is 5.11 Å². The van der Waals surface area contributed by atoms with Gasteiger partial charge in [-0.1, -0.05) is 11.3 Å². The van der Waals surface area contributed by atoms with Crippen LogP contribution in [-0.4, -0.2) is 54.2 Å². The van der Waals surface area contributed by atoms with Crippen LogP contribution in [0.25, 0.3) is 0 Å². The predicted molar refractivity (Wildman–Crippen MR) is 72.8 cm³/mol. The van der Waals surface area contributed by atoms with Crippen molar-refractivity contribution in [1.29, 1.82) is 0 Å². The number of rotatable bonds is 5. The fraction of sp³-hybridized carbons (Fsp3) is 0.667. The van der Waals surface area contributed by atoms with E-state index in [0.29, 0.717) is 10.6 Å². The molecule has 0 aliphatic carbocycles. The van der Waals surface area contributed by atoms with Crippen molar-refractivity contribution < 1.29 is 9.90 Å². The second-order valence-corrected chi connectivity index (χ2v) is 5.66. The molecule has 6 heteroatoms. The van der Waals surface area contributed by atoms with E-state index in [1.54, 1.807) is 6.92 Å². The van der Waals surface area contributed by atoms with Crippen LogP contribution in [0, 0.1) is 6.92 Å². The molecular formula is C12H19N3O2S. The lowest BCUT2D eigenvalue weighted by atomic mass is 10.4. The van der Waals surface area contributed by atoms with Crippen LogP contribution in [0.3, 0.4) is 0 Å². The number of aromatic nitrogens is 1. The topological polar surface area (TPSA) is 56.7 Å². The van der Waals surface area contributed by atoms with E-state index in [2.05, 4.69) is 9.88 Å². The fourth-order valence-electron chi connectivity index (χ4n) is 2.14. The summed E-state index contributed by atoms with van der Waals surface area (Å²) in [6, 6.07) is 0. The zero-order valence-corrected chi connectivity index (χ0v) is 11.7. The number of carbonyl (C=O) groups is 1. The van der Waals surface area contributed by atoms with Crippen molar-refractivity contribution in [1.82, 2.24) is 9.88 Å². The molecule has 2 heterocycles. The second-order valence-electron chi connectivity index (χ2n) is 4.69. The number of aryl methyl sites for hydroxylation is 1. The van der Waals surface area contributed by atoms with E-state index in [0.717, 1.165) is 18.2 Å². The Morgan fingerprint density at radius 1 is 1.50 bits per heavy atom. The van der Waals surface area contributed by atoms with Crippen molar-refractivity contribution in [3.63, 3.8) is 0 Å². The number of carboxylic acids is 1. The maximum atomic E-state index is 11.0. The highest BCUT2D eigenvalue weighted by Gasteiger charge is 2.17. The molecule has 0 aromatic carbocycles. The summed E-state index contributed by atoms with van der Waals surface area (Å²) in [5.41, 5.74) is 0.607. The van der Waals surface area contributed by atoms with Crippen molar-refractivity contribution in [3.8, 4) is 0 Å². The van der Waals surface area contributed by atoms with Crippen LogP contribution < -0.4 is 4.90 Å². The van der Waals surface area contributed by atoms with Gasteiger partial charge in [-0.05, 0) is 32.9 Å². The average molecular weight is 269 g/mol. The van der Waals surface area contributed by atoms with Gasteiger partial charge in [-0.3, -0.25) is 0 Å². The van der Waals surface area contributed by atoms with Crippen LogP contribution in [0.15, 0.2) is 0 Å². The maximum Gasteiger partial charge on any atom is 0.347 e. The highest BCUT2D eigenvalue weighted by Crippen LogP contribution is 2.25. The smallest absolute Gasteiger partial charge is 0.347 e. The third kappa shape index (κ3) is 3.00. The van der Waals surface area contributed by atoms with Crippen LogP contribution in [0.5, 0.6) is 0 Å². The van der Waals surface area contributed by atoms with Crippen molar-refractivity contribution in [3.05, 3.63) is 10.6 Å². The molecule has 1 aromatic heterocycles. The number of aromatic carboxylic acids is 1. The highest BCUT2D eigenvalue weighted by atomic mass is 32.1. The molecular weight excluding hydrogens is 250 g/mol. The first-order valence-electron chi connectivity index (χ1n) is 6.22. The largest absolute Gasteiger partial charge is 0.477 e. The van der Waals surface area contributed by atoms with Crippen LogP contribution in [-0.2, 0) is 0 Å². The van der Waals surface area contributed by atoms with Gasteiger partial charge in [0.1, 0.15) is 4.88 Å². The normalized spacial score (nSPS) is 16.1. The molecule has 1 saturated heterocycles. The zero-order chi connectivity index (χ0) is 13.1. The molecule has 2 rings (SSSR count). The minimum Gasteiger partial charge on any atom is -0.477 e. The Kier molecular flexibility index (Phi) is 4.19. The van der Waals surface area contributed by atoms with E-state index in [1.807, 2.05) is 11.9 Å². The fourth-order valence-corrected chi connectivity index (χ4v) is 3.03. The number of thiazole rings is 1. The van der Waals surface area contributed by atoms with Gasteiger partial charge in [0, 0.05) is 20.1 Å². The lowest BCUT2D eigenvalue weighted by molar-refractivity contribution is 0.0701. The van der Waals surface area contributed by atoms with E-state index in [1.165, 1.54) is 37.3 Å². The second kappa shape index (κ2) is 5.67. The summed E-state index contributed by atoms with van der Waals surface area (Å²) < 4.78 is 0. The Labute approximate surface area is 111 Å². The highest BCUT2D eigenvalue weighted by molar-refractivity contribution is 7.17. The predicted octanol–water partition coefficient (Wildman–Crippen LogP) is 1.68. The number of nitrogens with zero attached hydrogens (tertiary/aromatic N) is 3. The first kappa shape index (κ1) is 13.3. The van der Waals surface area contributed by atoms with Gasteiger partial charge < -0.3 is 14.9 Å². The number of likely N-dealkylation sites (N-methyl/N-ethyl adjacent to an activating group) is 1. The maximum absolute atomic E-state index is 11.0. The Morgan fingerprint density at radius 3 is 2.72 bits per heavy atom. The number of carboxylic acid groups (broad SMARTS) is 1. The molecule has 1 aliphatic rings. The molecule has 1 N–H and O–H groups in total. The summed E-state index contributed by atoms with van der Waals surface area (Å²) in [7, 11) is 1.97. The Morgan fingerprint density at radius 2 is 2.17 bits per heavy atom. The van der Waals surface area contributed by atoms with Gasteiger partial charge in [0.05, 0.1) is 5.69 Å². The minimum absolute atomic E-state index is 0.345. The lowest BCUT2D eigenvalue weighted by Gasteiger charge is -2.20.